The standard InChI is InChI=1S/C21H21N3O3S2/c1-14-4-7-16(8-5-14)29-21-20(22-10-11-23-21)28-13-19(25)24-15-6-9-17(26-2)18(12-15)27-3/h4-12H,13H2,1-3H3,(H,24,25). The fourth-order valence-corrected chi connectivity index (χ4v) is 4.15. The van der Waals surface area contributed by atoms with Crippen LogP contribution in [0.25, 0.3) is 0 Å². The Morgan fingerprint density at radius 1 is 0.966 bits per heavy atom. The first-order valence-electron chi connectivity index (χ1n) is 8.79. The number of hydrogen-bond acceptors (Lipinski definition) is 7. The number of carbonyl (C=O) groups excluding carboxylic acids is 1. The van der Waals surface area contributed by atoms with Crippen LogP contribution in [0, 0.1) is 6.92 Å². The lowest BCUT2D eigenvalue weighted by Crippen LogP contribution is -2.14. The Bertz CT molecular complexity index is 981. The molecule has 0 saturated heterocycles. The third-order valence-electron chi connectivity index (χ3n) is 3.88. The number of ether oxygens (including phenoxy) is 2. The van der Waals surface area contributed by atoms with Gasteiger partial charge in [-0.25, -0.2) is 9.97 Å². The molecule has 29 heavy (non-hydrogen) atoms. The molecule has 1 heterocycles. The van der Waals surface area contributed by atoms with Crippen LogP contribution < -0.4 is 14.8 Å². The van der Waals surface area contributed by atoms with E-state index in [0.29, 0.717) is 17.2 Å². The van der Waals surface area contributed by atoms with E-state index in [4.69, 9.17) is 9.47 Å². The summed E-state index contributed by atoms with van der Waals surface area (Å²) in [7, 11) is 3.13. The number of thioether (sulfide) groups is 1. The van der Waals surface area contributed by atoms with Gasteiger partial charge in [-0.05, 0) is 31.2 Å². The maximum atomic E-state index is 12.4. The number of hydrogen-bond donors (Lipinski definition) is 1. The van der Waals surface area contributed by atoms with Gasteiger partial charge < -0.3 is 14.8 Å². The molecule has 6 nitrogen and oxygen atoms in total. The van der Waals surface area contributed by atoms with Crippen molar-refractivity contribution < 1.29 is 14.3 Å². The van der Waals surface area contributed by atoms with Gasteiger partial charge in [0.05, 0.1) is 20.0 Å². The number of aryl methyl sites for hydroxylation is 1. The third-order valence-corrected chi connectivity index (χ3v) is 5.98. The normalized spacial score (nSPS) is 10.4. The van der Waals surface area contributed by atoms with Gasteiger partial charge in [-0.2, -0.15) is 0 Å². The molecule has 0 bridgehead atoms. The summed E-state index contributed by atoms with van der Waals surface area (Å²) in [5.41, 5.74) is 1.84. The molecule has 2 aromatic carbocycles. The molecule has 0 aliphatic carbocycles. The van der Waals surface area contributed by atoms with Crippen LogP contribution in [0.1, 0.15) is 5.56 Å². The van der Waals surface area contributed by atoms with Crippen molar-refractivity contribution in [2.75, 3.05) is 25.3 Å². The number of aromatic nitrogens is 2. The van der Waals surface area contributed by atoms with Gasteiger partial charge in [-0.1, -0.05) is 41.2 Å². The number of benzene rings is 2. The molecule has 150 valence electrons. The molecule has 3 rings (SSSR count). The maximum Gasteiger partial charge on any atom is 0.234 e. The summed E-state index contributed by atoms with van der Waals surface area (Å²) >= 11 is 2.88. The van der Waals surface area contributed by atoms with E-state index < -0.39 is 0 Å². The van der Waals surface area contributed by atoms with Gasteiger partial charge in [0.2, 0.25) is 5.91 Å². The number of rotatable bonds is 8. The lowest BCUT2D eigenvalue weighted by molar-refractivity contribution is -0.113. The first-order chi connectivity index (χ1) is 14.1. The third kappa shape index (κ3) is 5.88. The van der Waals surface area contributed by atoms with Crippen LogP contribution in [0.2, 0.25) is 0 Å². The predicted octanol–water partition coefficient (Wildman–Crippen LogP) is 4.68. The molecule has 0 fully saturated rings. The summed E-state index contributed by atoms with van der Waals surface area (Å²) in [4.78, 5) is 22.3. The minimum absolute atomic E-state index is 0.140. The second kappa shape index (κ2) is 10.2. The molecule has 0 aliphatic rings. The van der Waals surface area contributed by atoms with E-state index in [9.17, 15) is 4.79 Å². The van der Waals surface area contributed by atoms with Crippen molar-refractivity contribution in [3.05, 3.63) is 60.4 Å². The molecule has 1 aromatic heterocycles. The quantitative estimate of drug-likeness (QED) is 0.523. The largest absolute Gasteiger partial charge is 0.493 e. The SMILES string of the molecule is COc1ccc(NC(=O)CSc2nccnc2Sc2ccc(C)cc2)cc1OC. The van der Waals surface area contributed by atoms with Gasteiger partial charge in [0, 0.05) is 29.0 Å². The Morgan fingerprint density at radius 3 is 2.34 bits per heavy atom. The number of nitrogens with zero attached hydrogens (tertiary/aromatic N) is 2. The molecule has 8 heteroatoms. The zero-order valence-electron chi connectivity index (χ0n) is 16.3. The average Bonchev–Trinajstić information content (AvgIpc) is 2.74. The van der Waals surface area contributed by atoms with Crippen LogP contribution in [-0.4, -0.2) is 35.8 Å². The molecule has 0 aliphatic heterocycles. The number of carbonyl (C=O) groups is 1. The highest BCUT2D eigenvalue weighted by molar-refractivity contribution is 8.02. The highest BCUT2D eigenvalue weighted by atomic mass is 32.2. The molecule has 1 N–H and O–H groups in total. The summed E-state index contributed by atoms with van der Waals surface area (Å²) < 4.78 is 10.5. The van der Waals surface area contributed by atoms with Crippen LogP contribution in [0.3, 0.4) is 0 Å². The molecule has 0 saturated carbocycles. The number of anilines is 1. The fraction of sp³-hybridized carbons (Fsp3) is 0.190. The van der Waals surface area contributed by atoms with Gasteiger partial charge in [-0.15, -0.1) is 0 Å². The summed E-state index contributed by atoms with van der Waals surface area (Å²) in [6, 6.07) is 13.5. The van der Waals surface area contributed by atoms with E-state index in [0.717, 1.165) is 14.9 Å². The second-order valence-corrected chi connectivity index (χ2v) is 8.01. The first kappa shape index (κ1) is 21.0. The molecular formula is C21H21N3O3S2. The highest BCUT2D eigenvalue weighted by Gasteiger charge is 2.12. The molecule has 0 atom stereocenters. The highest BCUT2D eigenvalue weighted by Crippen LogP contribution is 2.33. The minimum atomic E-state index is -0.140. The van der Waals surface area contributed by atoms with Gasteiger partial charge >= 0.3 is 0 Å². The van der Waals surface area contributed by atoms with Crippen LogP contribution in [0.4, 0.5) is 5.69 Å². The van der Waals surface area contributed by atoms with E-state index >= 15 is 0 Å². The van der Waals surface area contributed by atoms with E-state index in [-0.39, 0.29) is 11.7 Å². The number of amides is 1. The summed E-state index contributed by atoms with van der Waals surface area (Å²) in [6.45, 7) is 2.05. The zero-order valence-corrected chi connectivity index (χ0v) is 18.0. The van der Waals surface area contributed by atoms with Gasteiger partial charge in [-0.3, -0.25) is 4.79 Å². The molecule has 0 radical (unpaired) electrons. The summed E-state index contributed by atoms with van der Waals surface area (Å²) in [5, 5.41) is 4.36. The zero-order chi connectivity index (χ0) is 20.6. The lowest BCUT2D eigenvalue weighted by Gasteiger charge is -2.11. The Labute approximate surface area is 178 Å². The molecule has 1 amide bonds. The van der Waals surface area contributed by atoms with Crippen LogP contribution in [-0.2, 0) is 4.79 Å². The van der Waals surface area contributed by atoms with Crippen molar-refractivity contribution in [3.8, 4) is 11.5 Å². The monoisotopic (exact) mass is 427 g/mol. The van der Waals surface area contributed by atoms with Gasteiger partial charge in [0.25, 0.3) is 0 Å². The van der Waals surface area contributed by atoms with E-state index in [1.54, 1.807) is 44.8 Å². The van der Waals surface area contributed by atoms with Crippen molar-refractivity contribution in [2.24, 2.45) is 0 Å². The van der Waals surface area contributed by atoms with Gasteiger partial charge in [0.1, 0.15) is 10.1 Å². The molecule has 0 unspecified atom stereocenters. The Kier molecular flexibility index (Phi) is 7.37. The Hall–Kier alpha value is -2.71. The number of nitrogens with one attached hydrogen (secondary N) is 1. The maximum absolute atomic E-state index is 12.4. The van der Waals surface area contributed by atoms with E-state index in [2.05, 4.69) is 34.3 Å². The molecule has 3 aromatic rings. The van der Waals surface area contributed by atoms with E-state index in [1.165, 1.54) is 29.1 Å². The van der Waals surface area contributed by atoms with Gasteiger partial charge in [0.15, 0.2) is 11.5 Å². The van der Waals surface area contributed by atoms with Crippen molar-refractivity contribution >= 4 is 35.1 Å². The first-order valence-corrected chi connectivity index (χ1v) is 10.6. The smallest absolute Gasteiger partial charge is 0.234 e. The lowest BCUT2D eigenvalue weighted by atomic mass is 10.2. The Balaban J connectivity index is 1.62. The summed E-state index contributed by atoms with van der Waals surface area (Å²) in [5.74, 6) is 1.24. The summed E-state index contributed by atoms with van der Waals surface area (Å²) in [6.07, 6.45) is 3.29. The van der Waals surface area contributed by atoms with Crippen molar-refractivity contribution in [3.63, 3.8) is 0 Å². The van der Waals surface area contributed by atoms with E-state index in [1.807, 2.05) is 12.1 Å². The van der Waals surface area contributed by atoms with Crippen molar-refractivity contribution in [1.82, 2.24) is 9.97 Å². The fourth-order valence-electron chi connectivity index (χ4n) is 2.44. The van der Waals surface area contributed by atoms with Crippen molar-refractivity contribution in [2.45, 2.75) is 21.9 Å². The van der Waals surface area contributed by atoms with Crippen LogP contribution in [0.15, 0.2) is 69.8 Å². The second-order valence-electron chi connectivity index (χ2n) is 5.99. The molecule has 0 spiro atoms. The van der Waals surface area contributed by atoms with Crippen LogP contribution in [0.5, 0.6) is 11.5 Å². The Morgan fingerprint density at radius 2 is 1.66 bits per heavy atom. The topological polar surface area (TPSA) is 73.3 Å². The van der Waals surface area contributed by atoms with Crippen molar-refractivity contribution in [1.29, 1.82) is 0 Å². The minimum Gasteiger partial charge on any atom is -0.493 e. The molecular weight excluding hydrogens is 406 g/mol. The predicted molar refractivity (Wildman–Crippen MR) is 116 cm³/mol. The average molecular weight is 428 g/mol. The number of methoxy groups -OCH3 is 2. The van der Waals surface area contributed by atoms with Crippen LogP contribution >= 0.6 is 23.5 Å².